The minimum atomic E-state index is -0.499. The first-order valence-electron chi connectivity index (χ1n) is 6.10. The van der Waals surface area contributed by atoms with Gasteiger partial charge in [0.25, 0.3) is 0 Å². The van der Waals surface area contributed by atoms with Crippen LogP contribution in [-0.4, -0.2) is 26.2 Å². The van der Waals surface area contributed by atoms with Crippen molar-refractivity contribution in [2.75, 3.05) is 14.2 Å². The number of hydrogen-bond donors (Lipinski definition) is 1. The Bertz CT molecular complexity index is 392. The number of carbonyl (C=O) groups excluding carboxylic acids is 1. The third-order valence-electron chi connectivity index (χ3n) is 2.95. The van der Waals surface area contributed by atoms with E-state index in [2.05, 4.69) is 12.2 Å². The second kappa shape index (κ2) is 7.01. The molecule has 0 bridgehead atoms. The van der Waals surface area contributed by atoms with Crippen LogP contribution in [0, 0.1) is 0 Å². The Morgan fingerprint density at radius 2 is 2.00 bits per heavy atom. The van der Waals surface area contributed by atoms with Crippen molar-refractivity contribution in [3.05, 3.63) is 29.8 Å². The molecule has 0 amide bonds. The number of rotatable bonds is 6. The average Bonchev–Trinajstić information content (AvgIpc) is 2.43. The second-order valence-corrected chi connectivity index (χ2v) is 4.17. The van der Waals surface area contributed by atoms with E-state index in [9.17, 15) is 4.79 Å². The summed E-state index contributed by atoms with van der Waals surface area (Å²) >= 11 is 0. The molecule has 0 aliphatic heterocycles. The number of carbonyl (C=O) groups is 1. The predicted octanol–water partition coefficient (Wildman–Crippen LogP) is 2.30. The summed E-state index contributed by atoms with van der Waals surface area (Å²) < 4.78 is 10.1. The first-order valence-corrected chi connectivity index (χ1v) is 6.10. The summed E-state index contributed by atoms with van der Waals surface area (Å²) in [6, 6.07) is 7.19. The maximum Gasteiger partial charge on any atom is 0.327 e. The van der Waals surface area contributed by atoms with Crippen molar-refractivity contribution in [2.45, 2.75) is 32.4 Å². The van der Waals surface area contributed by atoms with Crippen molar-refractivity contribution >= 4 is 5.97 Å². The molecule has 1 N–H and O–H groups in total. The highest BCUT2D eigenvalue weighted by molar-refractivity contribution is 5.78. The highest BCUT2D eigenvalue weighted by Gasteiger charge is 2.25. The predicted molar refractivity (Wildman–Crippen MR) is 70.6 cm³/mol. The van der Waals surface area contributed by atoms with Crippen LogP contribution in [0.25, 0.3) is 0 Å². The second-order valence-electron chi connectivity index (χ2n) is 4.17. The van der Waals surface area contributed by atoms with Crippen LogP contribution in [0.3, 0.4) is 0 Å². The number of para-hydroxylation sites is 1. The molecule has 0 aliphatic carbocycles. The van der Waals surface area contributed by atoms with Crippen LogP contribution in [0.2, 0.25) is 0 Å². The normalized spacial score (nSPS) is 13.8. The maximum absolute atomic E-state index is 11.9. The first-order chi connectivity index (χ1) is 8.63. The molecule has 4 nitrogen and oxygen atoms in total. The van der Waals surface area contributed by atoms with Gasteiger partial charge in [-0.05, 0) is 19.4 Å². The molecular weight excluding hydrogens is 230 g/mol. The monoisotopic (exact) mass is 251 g/mol. The number of hydrogen-bond acceptors (Lipinski definition) is 4. The highest BCUT2D eigenvalue weighted by atomic mass is 16.5. The molecule has 0 spiro atoms. The van der Waals surface area contributed by atoms with E-state index in [1.807, 2.05) is 31.2 Å². The molecule has 100 valence electrons. The van der Waals surface area contributed by atoms with Crippen LogP contribution >= 0.6 is 0 Å². The zero-order chi connectivity index (χ0) is 13.5. The summed E-state index contributed by atoms with van der Waals surface area (Å²) in [6.45, 7) is 4.10. The van der Waals surface area contributed by atoms with E-state index in [4.69, 9.17) is 9.47 Å². The van der Waals surface area contributed by atoms with Gasteiger partial charge < -0.3 is 9.47 Å². The lowest BCUT2D eigenvalue weighted by Gasteiger charge is -2.22. The largest absolute Gasteiger partial charge is 0.496 e. The van der Waals surface area contributed by atoms with Gasteiger partial charge >= 0.3 is 5.97 Å². The summed E-state index contributed by atoms with van der Waals surface area (Å²) in [7, 11) is 2.99. The Kier molecular flexibility index (Phi) is 5.65. The number of esters is 1. The Labute approximate surface area is 108 Å². The molecule has 1 aromatic carbocycles. The van der Waals surface area contributed by atoms with Gasteiger partial charge in [-0.15, -0.1) is 0 Å². The zero-order valence-corrected chi connectivity index (χ0v) is 11.4. The van der Waals surface area contributed by atoms with Crippen LogP contribution < -0.4 is 10.1 Å². The van der Waals surface area contributed by atoms with Crippen LogP contribution in [0.1, 0.15) is 31.9 Å². The minimum Gasteiger partial charge on any atom is -0.496 e. The van der Waals surface area contributed by atoms with Crippen molar-refractivity contribution in [3.63, 3.8) is 0 Å². The number of methoxy groups -OCH3 is 2. The van der Waals surface area contributed by atoms with Gasteiger partial charge in [-0.3, -0.25) is 5.32 Å². The Morgan fingerprint density at radius 3 is 2.56 bits per heavy atom. The summed E-state index contributed by atoms with van der Waals surface area (Å²) in [5.41, 5.74) is 0.798. The molecular formula is C14H21NO3. The summed E-state index contributed by atoms with van der Waals surface area (Å²) in [6.07, 6.45) is 0.933. The van der Waals surface area contributed by atoms with Crippen LogP contribution in [0.4, 0.5) is 0 Å². The van der Waals surface area contributed by atoms with Crippen LogP contribution in [0.5, 0.6) is 5.75 Å². The molecule has 0 aromatic heterocycles. The quantitative estimate of drug-likeness (QED) is 0.788. The molecule has 4 heteroatoms. The van der Waals surface area contributed by atoms with Crippen molar-refractivity contribution in [1.29, 1.82) is 0 Å². The van der Waals surface area contributed by atoms with Gasteiger partial charge in [-0.2, -0.15) is 0 Å². The molecule has 0 fully saturated rings. The molecule has 0 radical (unpaired) electrons. The molecule has 0 aliphatic rings. The van der Waals surface area contributed by atoms with Crippen LogP contribution in [-0.2, 0) is 9.53 Å². The lowest BCUT2D eigenvalue weighted by Crippen LogP contribution is -2.35. The summed E-state index contributed by atoms with van der Waals surface area (Å²) in [5.74, 6) is 0.378. The maximum atomic E-state index is 11.9. The zero-order valence-electron chi connectivity index (χ0n) is 11.4. The molecule has 0 saturated carbocycles. The Morgan fingerprint density at radius 1 is 1.33 bits per heavy atom. The molecule has 2 atom stereocenters. The Balaban J connectivity index is 3.05. The summed E-state index contributed by atoms with van der Waals surface area (Å²) in [5, 5.41) is 3.25. The van der Waals surface area contributed by atoms with Gasteiger partial charge in [-0.1, -0.05) is 25.1 Å². The molecule has 1 rings (SSSR count). The van der Waals surface area contributed by atoms with E-state index in [-0.39, 0.29) is 12.0 Å². The van der Waals surface area contributed by atoms with Gasteiger partial charge in [0, 0.05) is 11.6 Å². The fourth-order valence-corrected chi connectivity index (χ4v) is 1.71. The third-order valence-corrected chi connectivity index (χ3v) is 2.95. The van der Waals surface area contributed by atoms with Crippen molar-refractivity contribution in [3.8, 4) is 5.75 Å². The van der Waals surface area contributed by atoms with E-state index in [0.717, 1.165) is 12.0 Å². The van der Waals surface area contributed by atoms with Gasteiger partial charge in [0.15, 0.2) is 0 Å². The van der Waals surface area contributed by atoms with Gasteiger partial charge in [-0.25, -0.2) is 4.79 Å². The van der Waals surface area contributed by atoms with Crippen molar-refractivity contribution in [2.24, 2.45) is 0 Å². The topological polar surface area (TPSA) is 47.6 Å². The molecule has 2 unspecified atom stereocenters. The highest BCUT2D eigenvalue weighted by Crippen LogP contribution is 2.26. The lowest BCUT2D eigenvalue weighted by atomic mass is 10.0. The Hall–Kier alpha value is -1.55. The third kappa shape index (κ3) is 3.47. The molecule has 18 heavy (non-hydrogen) atoms. The summed E-state index contributed by atoms with van der Waals surface area (Å²) in [4.78, 5) is 11.9. The van der Waals surface area contributed by atoms with E-state index >= 15 is 0 Å². The molecule has 1 aromatic rings. The van der Waals surface area contributed by atoms with E-state index < -0.39 is 6.04 Å². The van der Waals surface area contributed by atoms with Crippen molar-refractivity contribution < 1.29 is 14.3 Å². The smallest absolute Gasteiger partial charge is 0.327 e. The first kappa shape index (κ1) is 14.5. The van der Waals surface area contributed by atoms with Gasteiger partial charge in [0.05, 0.1) is 14.2 Å². The van der Waals surface area contributed by atoms with E-state index in [1.165, 1.54) is 7.11 Å². The molecule has 0 heterocycles. The minimum absolute atomic E-state index is 0.221. The van der Waals surface area contributed by atoms with Gasteiger partial charge in [0.2, 0.25) is 0 Å². The lowest BCUT2D eigenvalue weighted by molar-refractivity contribution is -0.143. The molecule has 0 saturated heterocycles. The number of nitrogens with one attached hydrogen (secondary N) is 1. The van der Waals surface area contributed by atoms with E-state index in [1.54, 1.807) is 7.11 Å². The number of benzene rings is 1. The van der Waals surface area contributed by atoms with E-state index in [0.29, 0.717) is 5.75 Å². The SMILES string of the molecule is CCC(C)NC(C(=O)OC)c1ccccc1OC. The van der Waals surface area contributed by atoms with Crippen LogP contribution in [0.15, 0.2) is 24.3 Å². The standard InChI is InChI=1S/C14H21NO3/c1-5-10(2)15-13(14(16)18-4)11-8-6-7-9-12(11)17-3/h6-10,13,15H,5H2,1-4H3. The van der Waals surface area contributed by atoms with Gasteiger partial charge in [0.1, 0.15) is 11.8 Å². The fourth-order valence-electron chi connectivity index (χ4n) is 1.71. The van der Waals surface area contributed by atoms with Crippen molar-refractivity contribution in [1.82, 2.24) is 5.32 Å². The average molecular weight is 251 g/mol. The number of ether oxygens (including phenoxy) is 2. The fraction of sp³-hybridized carbons (Fsp3) is 0.500.